The molecule has 0 atom stereocenters. The van der Waals surface area contributed by atoms with Crippen molar-refractivity contribution < 1.29 is 21.9 Å². The third-order valence-electron chi connectivity index (χ3n) is 6.67. The molecule has 8 aromatic rings. The third kappa shape index (κ3) is 4.55. The SMILES string of the molecule is [2H]c1c([2H])c([2H])c(-n2c3c([2H])c([2H])c([2H])c([2H])c3c3c([2H])c([2H])c(-c4c([2H])c([2H])c([2H])c(-c5nc(-c6ccccc6)nc(-c6ccccc6)n5)c4[2H])c([2H])c32)c([2H])c1[2H]. The Labute approximate surface area is 272 Å². The number of hydrogen-bond acceptors (Lipinski definition) is 3. The first-order valence-electron chi connectivity index (χ1n) is 21.1. The van der Waals surface area contributed by atoms with E-state index in [1.165, 1.54) is 0 Å². The summed E-state index contributed by atoms with van der Waals surface area (Å²) in [6.45, 7) is 0. The fourth-order valence-electron chi connectivity index (χ4n) is 4.72. The van der Waals surface area contributed by atoms with E-state index in [4.69, 9.17) is 16.4 Å². The zero-order valence-corrected chi connectivity index (χ0v) is 22.1. The highest BCUT2D eigenvalue weighted by Gasteiger charge is 2.15. The first-order chi connectivity index (χ1) is 28.0. The number of rotatable bonds is 5. The van der Waals surface area contributed by atoms with E-state index in [0.717, 1.165) is 4.57 Å². The molecule has 2 aromatic heterocycles. The Balaban J connectivity index is 1.54. The third-order valence-corrected chi connectivity index (χ3v) is 6.67. The molecule has 0 aliphatic heterocycles. The summed E-state index contributed by atoms with van der Waals surface area (Å²) in [5.74, 6) is 0.0534. The molecule has 43 heavy (non-hydrogen) atoms. The number of para-hydroxylation sites is 2. The van der Waals surface area contributed by atoms with Crippen molar-refractivity contribution in [1.29, 1.82) is 0 Å². The van der Waals surface area contributed by atoms with Crippen molar-refractivity contribution in [2.75, 3.05) is 0 Å². The summed E-state index contributed by atoms with van der Waals surface area (Å²) < 4.78 is 143. The minimum atomic E-state index is -0.806. The number of fused-ring (bicyclic) bond motifs is 3. The van der Waals surface area contributed by atoms with Crippen molar-refractivity contribution in [2.24, 2.45) is 0 Å². The van der Waals surface area contributed by atoms with Crippen LogP contribution in [0.15, 0.2) is 157 Å². The summed E-state index contributed by atoms with van der Waals surface area (Å²) in [5.41, 5.74) is -1.98. The Morgan fingerprint density at radius 2 is 0.977 bits per heavy atom. The van der Waals surface area contributed by atoms with Crippen LogP contribution in [0.2, 0.25) is 0 Å². The zero-order valence-electron chi connectivity index (χ0n) is 38.1. The van der Waals surface area contributed by atoms with Crippen LogP contribution in [-0.2, 0) is 0 Å². The predicted molar refractivity (Wildman–Crippen MR) is 176 cm³/mol. The standard InChI is InChI=1S/C39H26N4/c1-4-13-27(14-5-1)37-40-38(28-15-6-2-7-16-28)42-39(41-37)31-18-12-17-29(25-31)30-23-24-34-33-21-10-11-22-35(33)43(36(34)26-30)32-19-8-3-9-20-32/h1-26H/i3D,8D,9D,10D,11D,12D,17D,18D,19D,20D,21D,22D,23D,24D,25D,26D. The molecule has 0 spiro atoms. The van der Waals surface area contributed by atoms with Gasteiger partial charge in [0.05, 0.1) is 33.0 Å². The molecule has 0 amide bonds. The topological polar surface area (TPSA) is 43.6 Å². The maximum Gasteiger partial charge on any atom is 0.164 e. The van der Waals surface area contributed by atoms with Crippen LogP contribution in [0.4, 0.5) is 0 Å². The highest BCUT2D eigenvalue weighted by molar-refractivity contribution is 6.10. The monoisotopic (exact) mass is 566 g/mol. The lowest BCUT2D eigenvalue weighted by Crippen LogP contribution is -2.00. The zero-order chi connectivity index (χ0) is 42.5. The van der Waals surface area contributed by atoms with Crippen LogP contribution in [0.3, 0.4) is 0 Å². The van der Waals surface area contributed by atoms with E-state index in [1.54, 1.807) is 60.7 Å². The van der Waals surface area contributed by atoms with E-state index in [1.807, 2.05) is 0 Å². The summed E-state index contributed by atoms with van der Waals surface area (Å²) in [7, 11) is 0. The highest BCUT2D eigenvalue weighted by atomic mass is 15.0. The van der Waals surface area contributed by atoms with Crippen LogP contribution >= 0.6 is 0 Å². The van der Waals surface area contributed by atoms with Gasteiger partial charge in [0, 0.05) is 33.2 Å². The van der Waals surface area contributed by atoms with Gasteiger partial charge in [-0.2, -0.15) is 0 Å². The molecule has 0 saturated heterocycles. The molecule has 0 fully saturated rings. The van der Waals surface area contributed by atoms with Gasteiger partial charge in [-0.1, -0.05) is 127 Å². The van der Waals surface area contributed by atoms with Crippen molar-refractivity contribution >= 4 is 21.8 Å². The summed E-state index contributed by atoms with van der Waals surface area (Å²) in [6.07, 6.45) is 0. The lowest BCUT2D eigenvalue weighted by molar-refractivity contribution is 1.07. The maximum atomic E-state index is 9.65. The number of benzene rings is 6. The first kappa shape index (κ1) is 13.4. The van der Waals surface area contributed by atoms with Crippen LogP contribution in [-0.4, -0.2) is 19.5 Å². The molecule has 0 aliphatic carbocycles. The number of hydrogen-bond donors (Lipinski definition) is 0. The fourth-order valence-corrected chi connectivity index (χ4v) is 4.72. The molecular weight excluding hydrogens is 524 g/mol. The van der Waals surface area contributed by atoms with Crippen LogP contribution < -0.4 is 0 Å². The Morgan fingerprint density at radius 1 is 0.419 bits per heavy atom. The first-order valence-corrected chi connectivity index (χ1v) is 13.1. The van der Waals surface area contributed by atoms with Crippen molar-refractivity contribution in [1.82, 2.24) is 19.5 Å². The lowest BCUT2D eigenvalue weighted by Gasteiger charge is -2.11. The summed E-state index contributed by atoms with van der Waals surface area (Å²) in [4.78, 5) is 13.8. The molecule has 0 radical (unpaired) electrons. The van der Waals surface area contributed by atoms with Crippen LogP contribution in [0.1, 0.15) is 21.9 Å². The van der Waals surface area contributed by atoms with E-state index in [-0.39, 0.29) is 28.4 Å². The average molecular weight is 567 g/mol. The predicted octanol–water partition coefficient (Wildman–Crippen LogP) is 9.64. The highest BCUT2D eigenvalue weighted by Crippen LogP contribution is 2.35. The van der Waals surface area contributed by atoms with Crippen molar-refractivity contribution in [3.05, 3.63) is 157 Å². The van der Waals surface area contributed by atoms with Gasteiger partial charge in [0.1, 0.15) is 0 Å². The summed E-state index contributed by atoms with van der Waals surface area (Å²) in [5, 5.41) is -0.763. The molecule has 4 nitrogen and oxygen atoms in total. The van der Waals surface area contributed by atoms with Gasteiger partial charge in [0.25, 0.3) is 0 Å². The van der Waals surface area contributed by atoms with Gasteiger partial charge in [-0.15, -0.1) is 0 Å². The van der Waals surface area contributed by atoms with E-state index in [0.29, 0.717) is 11.1 Å². The largest absolute Gasteiger partial charge is 0.309 e. The van der Waals surface area contributed by atoms with Crippen molar-refractivity contribution in [2.45, 2.75) is 0 Å². The van der Waals surface area contributed by atoms with E-state index >= 15 is 0 Å². The van der Waals surface area contributed by atoms with Gasteiger partial charge in [0.15, 0.2) is 17.5 Å². The van der Waals surface area contributed by atoms with Crippen molar-refractivity contribution in [3.8, 4) is 51.0 Å². The van der Waals surface area contributed by atoms with Gasteiger partial charge in [0.2, 0.25) is 0 Å². The van der Waals surface area contributed by atoms with Gasteiger partial charge in [-0.3, -0.25) is 0 Å². The van der Waals surface area contributed by atoms with Crippen LogP contribution in [0.25, 0.3) is 72.8 Å². The van der Waals surface area contributed by atoms with E-state index in [9.17, 15) is 5.48 Å². The lowest BCUT2D eigenvalue weighted by atomic mass is 10.0. The fraction of sp³-hybridized carbons (Fsp3) is 0. The van der Waals surface area contributed by atoms with E-state index < -0.39 is 130 Å². The molecule has 0 bridgehead atoms. The summed E-state index contributed by atoms with van der Waals surface area (Å²) >= 11 is 0. The second kappa shape index (κ2) is 10.5. The van der Waals surface area contributed by atoms with Crippen LogP contribution in [0, 0.1) is 0 Å². The van der Waals surface area contributed by atoms with Gasteiger partial charge in [-0.25, -0.2) is 15.0 Å². The van der Waals surface area contributed by atoms with Crippen LogP contribution in [0.5, 0.6) is 0 Å². The normalized spacial score (nSPS) is 16.5. The van der Waals surface area contributed by atoms with E-state index in [2.05, 4.69) is 15.0 Å². The number of nitrogens with zero attached hydrogens (tertiary/aromatic N) is 4. The van der Waals surface area contributed by atoms with Gasteiger partial charge < -0.3 is 4.57 Å². The smallest absolute Gasteiger partial charge is 0.164 e. The molecule has 202 valence electrons. The Morgan fingerprint density at radius 3 is 1.67 bits per heavy atom. The molecule has 0 aliphatic rings. The molecular formula is C39H26N4. The average Bonchev–Trinajstić information content (AvgIpc) is 3.60. The van der Waals surface area contributed by atoms with Gasteiger partial charge >= 0.3 is 0 Å². The minimum Gasteiger partial charge on any atom is -0.309 e. The Kier molecular flexibility index (Phi) is 3.28. The second-order valence-corrected chi connectivity index (χ2v) is 9.29. The molecule has 0 N–H and O–H groups in total. The molecule has 0 unspecified atom stereocenters. The number of aromatic nitrogens is 4. The molecule has 6 aromatic carbocycles. The molecule has 4 heteroatoms. The van der Waals surface area contributed by atoms with Gasteiger partial charge in [-0.05, 0) is 41.3 Å². The Bertz CT molecular complexity index is 3030. The second-order valence-electron chi connectivity index (χ2n) is 9.29. The molecule has 0 saturated carbocycles. The quantitative estimate of drug-likeness (QED) is 0.208. The molecule has 2 heterocycles. The Hall–Kier alpha value is -5.87. The summed E-state index contributed by atoms with van der Waals surface area (Å²) in [6, 6.07) is 5.55. The minimum absolute atomic E-state index is 0.150. The maximum absolute atomic E-state index is 9.65. The van der Waals surface area contributed by atoms with Crippen molar-refractivity contribution in [3.63, 3.8) is 0 Å². The molecule has 8 rings (SSSR count).